The summed E-state index contributed by atoms with van der Waals surface area (Å²) in [6.45, 7) is 3.77. The van der Waals surface area contributed by atoms with Gasteiger partial charge in [0, 0.05) is 0 Å². The number of hydrogen-bond donors (Lipinski definition) is 1. The van der Waals surface area contributed by atoms with Gasteiger partial charge in [0.25, 0.3) is 0 Å². The Morgan fingerprint density at radius 3 is 2.22 bits per heavy atom. The largest absolute Gasteiger partial charge is 0.491 e. The quantitative estimate of drug-likeness (QED) is 0.664. The Balaban J connectivity index is 2.00. The number of aliphatic carboxylic acids is 1. The van der Waals surface area contributed by atoms with Crippen LogP contribution in [0.25, 0.3) is 0 Å². The monoisotopic (exact) mass is 390 g/mol. The van der Waals surface area contributed by atoms with Gasteiger partial charge in [0.05, 0.1) is 22.7 Å². The zero-order valence-corrected chi connectivity index (χ0v) is 16.5. The van der Waals surface area contributed by atoms with Crippen LogP contribution in [-0.2, 0) is 21.1 Å². The maximum atomic E-state index is 12.6. The second kappa shape index (κ2) is 9.55. The maximum absolute atomic E-state index is 12.6. The highest BCUT2D eigenvalue weighted by Gasteiger charge is 2.26. The molecule has 0 spiro atoms. The summed E-state index contributed by atoms with van der Waals surface area (Å²) >= 11 is 0. The van der Waals surface area contributed by atoms with Crippen molar-refractivity contribution >= 4 is 15.8 Å². The molecular formula is C21H26O5S. The molecule has 0 heterocycles. The second-order valence-corrected chi connectivity index (χ2v) is 8.87. The van der Waals surface area contributed by atoms with Crippen LogP contribution in [0.5, 0.6) is 5.75 Å². The predicted molar refractivity (Wildman–Crippen MR) is 105 cm³/mol. The number of benzene rings is 2. The molecule has 6 heteroatoms. The molecule has 0 radical (unpaired) electrons. The third-order valence-electron chi connectivity index (χ3n) is 4.19. The zero-order chi connectivity index (χ0) is 19.9. The standard InChI is InChI=1S/C21H26O5S/c1-16(2)26-19-11-13-20(14-12-19)27(24,25)15-18(21(22)23)10-6-9-17-7-4-3-5-8-17/h3-5,7-8,11-14,16,18H,6,9-10,15H2,1-2H3,(H,22,23). The van der Waals surface area contributed by atoms with Crippen LogP contribution in [0, 0.1) is 5.92 Å². The predicted octanol–water partition coefficient (Wildman–Crippen LogP) is 3.97. The minimum atomic E-state index is -3.68. The van der Waals surface area contributed by atoms with E-state index in [4.69, 9.17) is 4.74 Å². The van der Waals surface area contributed by atoms with Gasteiger partial charge in [-0.3, -0.25) is 4.79 Å². The Morgan fingerprint density at radius 2 is 1.67 bits per heavy atom. The highest BCUT2D eigenvalue weighted by molar-refractivity contribution is 7.91. The summed E-state index contributed by atoms with van der Waals surface area (Å²) in [6, 6.07) is 15.9. The molecule has 0 amide bonds. The highest BCUT2D eigenvalue weighted by atomic mass is 32.2. The average Bonchev–Trinajstić information content (AvgIpc) is 2.61. The van der Waals surface area contributed by atoms with Gasteiger partial charge in [0.15, 0.2) is 9.84 Å². The SMILES string of the molecule is CC(C)Oc1ccc(S(=O)(=O)CC(CCCc2ccccc2)C(=O)O)cc1. The molecule has 0 aromatic heterocycles. The molecule has 0 bridgehead atoms. The van der Waals surface area contributed by atoms with Gasteiger partial charge in [0.2, 0.25) is 0 Å². The van der Waals surface area contributed by atoms with Crippen molar-refractivity contribution in [1.82, 2.24) is 0 Å². The number of hydrogen-bond acceptors (Lipinski definition) is 4. The first-order valence-electron chi connectivity index (χ1n) is 9.04. The lowest BCUT2D eigenvalue weighted by Gasteiger charge is -2.14. The van der Waals surface area contributed by atoms with Gasteiger partial charge in [-0.25, -0.2) is 8.42 Å². The first-order valence-corrected chi connectivity index (χ1v) is 10.7. The van der Waals surface area contributed by atoms with E-state index in [0.29, 0.717) is 18.6 Å². The molecule has 5 nitrogen and oxygen atoms in total. The van der Waals surface area contributed by atoms with Crippen molar-refractivity contribution in [3.05, 3.63) is 60.2 Å². The zero-order valence-electron chi connectivity index (χ0n) is 15.7. The van der Waals surface area contributed by atoms with Crippen LogP contribution in [0.2, 0.25) is 0 Å². The van der Waals surface area contributed by atoms with Gasteiger partial charge in [0.1, 0.15) is 5.75 Å². The van der Waals surface area contributed by atoms with Gasteiger partial charge in [-0.15, -0.1) is 0 Å². The summed E-state index contributed by atoms with van der Waals surface area (Å²) in [5, 5.41) is 9.44. The van der Waals surface area contributed by atoms with E-state index in [9.17, 15) is 18.3 Å². The van der Waals surface area contributed by atoms with E-state index in [0.717, 1.165) is 12.0 Å². The van der Waals surface area contributed by atoms with Crippen molar-refractivity contribution in [3.63, 3.8) is 0 Å². The van der Waals surface area contributed by atoms with Gasteiger partial charge in [-0.05, 0) is 62.9 Å². The summed E-state index contributed by atoms with van der Waals surface area (Å²) in [7, 11) is -3.68. The summed E-state index contributed by atoms with van der Waals surface area (Å²) in [4.78, 5) is 11.7. The molecule has 2 aromatic carbocycles. The van der Waals surface area contributed by atoms with E-state index in [2.05, 4.69) is 0 Å². The van der Waals surface area contributed by atoms with Crippen molar-refractivity contribution in [2.45, 2.75) is 44.1 Å². The van der Waals surface area contributed by atoms with Crippen LogP contribution < -0.4 is 4.74 Å². The molecular weight excluding hydrogens is 364 g/mol. The molecule has 0 aliphatic heterocycles. The number of ether oxygens (including phenoxy) is 1. The van der Waals surface area contributed by atoms with Crippen LogP contribution >= 0.6 is 0 Å². The minimum Gasteiger partial charge on any atom is -0.491 e. The second-order valence-electron chi connectivity index (χ2n) is 6.83. The molecule has 0 saturated carbocycles. The first kappa shape index (κ1) is 21.0. The van der Waals surface area contributed by atoms with Gasteiger partial charge < -0.3 is 9.84 Å². The normalized spacial score (nSPS) is 12.7. The molecule has 27 heavy (non-hydrogen) atoms. The van der Waals surface area contributed by atoms with E-state index < -0.39 is 27.5 Å². The summed E-state index contributed by atoms with van der Waals surface area (Å²) in [6.07, 6.45) is 1.66. The number of carboxylic acid groups (broad SMARTS) is 1. The van der Waals surface area contributed by atoms with Gasteiger partial charge in [-0.2, -0.15) is 0 Å². The van der Waals surface area contributed by atoms with Crippen LogP contribution in [-0.4, -0.2) is 31.4 Å². The van der Waals surface area contributed by atoms with E-state index >= 15 is 0 Å². The van der Waals surface area contributed by atoms with Gasteiger partial charge in [-0.1, -0.05) is 30.3 Å². The number of aryl methyl sites for hydroxylation is 1. The van der Waals surface area contributed by atoms with E-state index in [1.54, 1.807) is 12.1 Å². The Hall–Kier alpha value is -2.34. The summed E-state index contributed by atoms with van der Waals surface area (Å²) in [5.41, 5.74) is 1.12. The van der Waals surface area contributed by atoms with Crippen molar-refractivity contribution in [1.29, 1.82) is 0 Å². The van der Waals surface area contributed by atoms with Crippen molar-refractivity contribution in [3.8, 4) is 5.75 Å². The third kappa shape index (κ3) is 6.71. The molecule has 0 saturated heterocycles. The lowest BCUT2D eigenvalue weighted by atomic mass is 10.0. The highest BCUT2D eigenvalue weighted by Crippen LogP contribution is 2.22. The molecule has 1 atom stereocenters. The fourth-order valence-corrected chi connectivity index (χ4v) is 4.42. The minimum absolute atomic E-state index is 0.00605. The summed E-state index contributed by atoms with van der Waals surface area (Å²) < 4.78 is 30.7. The van der Waals surface area contributed by atoms with Crippen molar-refractivity contribution < 1.29 is 23.1 Å². The lowest BCUT2D eigenvalue weighted by molar-refractivity contribution is -0.141. The fourth-order valence-electron chi connectivity index (χ4n) is 2.83. The molecule has 1 N–H and O–H groups in total. The Kier molecular flexibility index (Phi) is 7.42. The average molecular weight is 391 g/mol. The van der Waals surface area contributed by atoms with Crippen LogP contribution in [0.4, 0.5) is 0 Å². The number of carbonyl (C=O) groups is 1. The van der Waals surface area contributed by atoms with E-state index in [1.165, 1.54) is 12.1 Å². The number of rotatable bonds is 10. The molecule has 0 fully saturated rings. The van der Waals surface area contributed by atoms with Crippen molar-refractivity contribution in [2.75, 3.05) is 5.75 Å². The van der Waals surface area contributed by atoms with Gasteiger partial charge >= 0.3 is 5.97 Å². The van der Waals surface area contributed by atoms with E-state index in [1.807, 2.05) is 44.2 Å². The molecule has 0 aliphatic rings. The molecule has 146 valence electrons. The lowest BCUT2D eigenvalue weighted by Crippen LogP contribution is -2.24. The maximum Gasteiger partial charge on any atom is 0.307 e. The Morgan fingerprint density at radius 1 is 1.04 bits per heavy atom. The fraction of sp³-hybridized carbons (Fsp3) is 0.381. The number of carboxylic acids is 1. The summed E-state index contributed by atoms with van der Waals surface area (Å²) in [5.74, 6) is -1.82. The van der Waals surface area contributed by atoms with Crippen molar-refractivity contribution in [2.24, 2.45) is 5.92 Å². The molecule has 1 unspecified atom stereocenters. The Bertz CT molecular complexity index is 827. The van der Waals surface area contributed by atoms with Crippen LogP contribution in [0.15, 0.2) is 59.5 Å². The Labute approximate surface area is 160 Å². The third-order valence-corrected chi connectivity index (χ3v) is 6.02. The first-order chi connectivity index (χ1) is 12.8. The molecule has 2 rings (SSSR count). The van der Waals surface area contributed by atoms with Crippen LogP contribution in [0.3, 0.4) is 0 Å². The smallest absolute Gasteiger partial charge is 0.307 e. The van der Waals surface area contributed by atoms with E-state index in [-0.39, 0.29) is 11.0 Å². The topological polar surface area (TPSA) is 80.7 Å². The number of sulfone groups is 1. The van der Waals surface area contributed by atoms with Crippen LogP contribution in [0.1, 0.15) is 32.3 Å². The molecule has 2 aromatic rings. The molecule has 0 aliphatic carbocycles.